The van der Waals surface area contributed by atoms with Gasteiger partial charge >= 0.3 is 0 Å². The first kappa shape index (κ1) is 13.7. The first-order valence-electron chi connectivity index (χ1n) is 6.50. The van der Waals surface area contributed by atoms with Gasteiger partial charge in [-0.2, -0.15) is 0 Å². The number of amides is 1. The van der Waals surface area contributed by atoms with Crippen LogP contribution in [0, 0.1) is 0 Å². The molecule has 1 heterocycles. The Balaban J connectivity index is 2.02. The van der Waals surface area contributed by atoms with Crippen molar-refractivity contribution in [2.75, 3.05) is 0 Å². The van der Waals surface area contributed by atoms with E-state index in [1.807, 2.05) is 0 Å². The molecule has 110 valence electrons. The topological polar surface area (TPSA) is 119 Å². The highest BCUT2D eigenvalue weighted by Crippen LogP contribution is 2.38. The number of aromatic nitrogens is 3. The van der Waals surface area contributed by atoms with E-state index in [0.717, 1.165) is 12.8 Å². The Morgan fingerprint density at radius 1 is 1.29 bits per heavy atom. The molecule has 1 saturated carbocycles. The molecule has 1 aromatic carbocycles. The Hall–Kier alpha value is -2.22. The Kier molecular flexibility index (Phi) is 3.25. The van der Waals surface area contributed by atoms with Crippen LogP contribution < -0.4 is 5.73 Å². The number of hydrogen-bond acceptors (Lipinski definition) is 5. The summed E-state index contributed by atoms with van der Waals surface area (Å²) in [6.07, 6.45) is 1.93. The maximum absolute atomic E-state index is 12.6. The summed E-state index contributed by atoms with van der Waals surface area (Å²) in [5.41, 5.74) is 5.60. The molecule has 1 atom stereocenters. The van der Waals surface area contributed by atoms with E-state index in [2.05, 4.69) is 15.2 Å². The van der Waals surface area contributed by atoms with Crippen molar-refractivity contribution in [3.63, 3.8) is 0 Å². The summed E-state index contributed by atoms with van der Waals surface area (Å²) in [6.45, 7) is 0. The molecule has 0 spiro atoms. The molecule has 0 bridgehead atoms. The number of aromatic amines is 1. The zero-order valence-corrected chi connectivity index (χ0v) is 11.9. The quantitative estimate of drug-likeness (QED) is 0.842. The van der Waals surface area contributed by atoms with Crippen LogP contribution in [-0.2, 0) is 14.6 Å². The zero-order valence-electron chi connectivity index (χ0n) is 11.1. The van der Waals surface area contributed by atoms with Gasteiger partial charge in [-0.25, -0.2) is 13.4 Å². The van der Waals surface area contributed by atoms with E-state index in [4.69, 9.17) is 5.73 Å². The second-order valence-corrected chi connectivity index (χ2v) is 6.94. The number of nitrogens with zero attached hydrogens (tertiary/aromatic N) is 2. The minimum atomic E-state index is -4.07. The Bertz CT molecular complexity index is 766. The SMILES string of the molecule is NC(=O)C(c1ccccc1)S(=O)(=O)c1n[nH]c(C2CC2)n1. The van der Waals surface area contributed by atoms with Crippen molar-refractivity contribution in [3.05, 3.63) is 41.7 Å². The standard InChI is InChI=1S/C13H14N4O3S/c14-11(18)10(8-4-2-1-3-5-8)21(19,20)13-15-12(16-17-13)9-6-7-9/h1-5,9-10H,6-7H2,(H2,14,18)(H,15,16,17). The molecule has 8 heteroatoms. The molecule has 3 rings (SSSR count). The number of primary amides is 1. The molecule has 3 N–H and O–H groups in total. The Morgan fingerprint density at radius 2 is 1.95 bits per heavy atom. The fourth-order valence-electron chi connectivity index (χ4n) is 2.15. The van der Waals surface area contributed by atoms with Gasteiger partial charge in [0, 0.05) is 5.92 Å². The highest BCUT2D eigenvalue weighted by Gasteiger charge is 2.38. The van der Waals surface area contributed by atoms with Crippen LogP contribution >= 0.6 is 0 Å². The minimum Gasteiger partial charge on any atom is -0.368 e. The van der Waals surface area contributed by atoms with E-state index in [1.54, 1.807) is 30.3 Å². The predicted octanol–water partition coefficient (Wildman–Crippen LogP) is 0.682. The average Bonchev–Trinajstić information content (AvgIpc) is 3.16. The molecule has 21 heavy (non-hydrogen) atoms. The monoisotopic (exact) mass is 306 g/mol. The number of nitrogens with one attached hydrogen (secondary N) is 1. The second kappa shape index (κ2) is 4.96. The van der Waals surface area contributed by atoms with Crippen LogP contribution in [0.2, 0.25) is 0 Å². The van der Waals surface area contributed by atoms with Gasteiger partial charge in [0.15, 0.2) is 5.25 Å². The van der Waals surface area contributed by atoms with E-state index in [-0.39, 0.29) is 11.1 Å². The van der Waals surface area contributed by atoms with Gasteiger partial charge in [0.1, 0.15) is 5.82 Å². The fraction of sp³-hybridized carbons (Fsp3) is 0.308. The zero-order chi connectivity index (χ0) is 15.0. The third kappa shape index (κ3) is 2.54. The van der Waals surface area contributed by atoms with E-state index in [0.29, 0.717) is 11.4 Å². The molecule has 1 aliphatic carbocycles. The molecule has 1 aromatic heterocycles. The predicted molar refractivity (Wildman–Crippen MR) is 73.9 cm³/mol. The summed E-state index contributed by atoms with van der Waals surface area (Å²) in [4.78, 5) is 15.7. The lowest BCUT2D eigenvalue weighted by atomic mass is 10.1. The van der Waals surface area contributed by atoms with Crippen LogP contribution in [0.15, 0.2) is 35.5 Å². The molecule has 7 nitrogen and oxygen atoms in total. The van der Waals surface area contributed by atoms with Crippen LogP contribution in [0.3, 0.4) is 0 Å². The molecule has 0 aliphatic heterocycles. The van der Waals surface area contributed by atoms with Gasteiger partial charge in [0.25, 0.3) is 5.16 Å². The van der Waals surface area contributed by atoms with E-state index < -0.39 is 21.0 Å². The first-order chi connectivity index (χ1) is 10.00. The van der Waals surface area contributed by atoms with E-state index >= 15 is 0 Å². The lowest BCUT2D eigenvalue weighted by Crippen LogP contribution is -2.29. The van der Waals surface area contributed by atoms with Gasteiger partial charge in [-0.1, -0.05) is 30.3 Å². The fourth-order valence-corrected chi connectivity index (χ4v) is 3.58. The number of benzene rings is 1. The molecule has 1 amide bonds. The lowest BCUT2D eigenvalue weighted by Gasteiger charge is -2.12. The van der Waals surface area contributed by atoms with Crippen molar-refractivity contribution in [1.82, 2.24) is 15.2 Å². The van der Waals surface area contributed by atoms with Crippen molar-refractivity contribution in [3.8, 4) is 0 Å². The van der Waals surface area contributed by atoms with Gasteiger partial charge < -0.3 is 5.73 Å². The van der Waals surface area contributed by atoms with E-state index in [9.17, 15) is 13.2 Å². The third-order valence-electron chi connectivity index (χ3n) is 3.37. The summed E-state index contributed by atoms with van der Waals surface area (Å²) in [6, 6.07) is 8.11. The summed E-state index contributed by atoms with van der Waals surface area (Å²) in [5, 5.41) is 4.51. The number of hydrogen-bond donors (Lipinski definition) is 2. The second-order valence-electron chi connectivity index (χ2n) is 5.02. The van der Waals surface area contributed by atoms with Crippen LogP contribution in [0.4, 0.5) is 0 Å². The maximum atomic E-state index is 12.6. The maximum Gasteiger partial charge on any atom is 0.268 e. The van der Waals surface area contributed by atoms with Crippen molar-refractivity contribution in [1.29, 1.82) is 0 Å². The number of carbonyl (C=O) groups is 1. The number of nitrogens with two attached hydrogens (primary N) is 1. The van der Waals surface area contributed by atoms with Crippen LogP contribution in [0.1, 0.15) is 35.4 Å². The molecule has 0 saturated heterocycles. The first-order valence-corrected chi connectivity index (χ1v) is 8.05. The highest BCUT2D eigenvalue weighted by molar-refractivity contribution is 7.92. The van der Waals surface area contributed by atoms with Crippen molar-refractivity contribution in [2.24, 2.45) is 5.73 Å². The van der Waals surface area contributed by atoms with Gasteiger partial charge in [-0.05, 0) is 18.4 Å². The van der Waals surface area contributed by atoms with Crippen molar-refractivity contribution < 1.29 is 13.2 Å². The minimum absolute atomic E-state index is 0.241. The molecule has 1 aliphatic rings. The highest BCUT2D eigenvalue weighted by atomic mass is 32.2. The number of carbonyl (C=O) groups excluding carboxylic acids is 1. The number of H-pyrrole nitrogens is 1. The number of rotatable bonds is 5. The Labute approximate surface area is 121 Å². The normalized spacial score (nSPS) is 16.6. The molecule has 1 fully saturated rings. The largest absolute Gasteiger partial charge is 0.368 e. The van der Waals surface area contributed by atoms with Crippen LogP contribution in [0.25, 0.3) is 0 Å². The van der Waals surface area contributed by atoms with E-state index in [1.165, 1.54) is 0 Å². The lowest BCUT2D eigenvalue weighted by molar-refractivity contribution is -0.117. The number of sulfone groups is 1. The smallest absolute Gasteiger partial charge is 0.268 e. The van der Waals surface area contributed by atoms with Gasteiger partial charge in [-0.3, -0.25) is 9.89 Å². The molecular weight excluding hydrogens is 292 g/mol. The molecule has 2 aromatic rings. The molecular formula is C13H14N4O3S. The van der Waals surface area contributed by atoms with Crippen LogP contribution in [-0.4, -0.2) is 29.5 Å². The Morgan fingerprint density at radius 3 is 2.52 bits per heavy atom. The molecule has 1 unspecified atom stereocenters. The molecule has 0 radical (unpaired) electrons. The summed E-state index contributed by atoms with van der Waals surface area (Å²) in [5.74, 6) is -0.158. The van der Waals surface area contributed by atoms with Crippen molar-refractivity contribution in [2.45, 2.75) is 29.2 Å². The van der Waals surface area contributed by atoms with Crippen molar-refractivity contribution >= 4 is 15.7 Å². The summed E-state index contributed by atoms with van der Waals surface area (Å²) >= 11 is 0. The third-order valence-corrected chi connectivity index (χ3v) is 5.19. The summed E-state index contributed by atoms with van der Waals surface area (Å²) in [7, 11) is -4.07. The van der Waals surface area contributed by atoms with Gasteiger partial charge in [-0.15, -0.1) is 5.10 Å². The van der Waals surface area contributed by atoms with Gasteiger partial charge in [0.2, 0.25) is 15.7 Å². The average molecular weight is 306 g/mol. The van der Waals surface area contributed by atoms with Crippen LogP contribution in [0.5, 0.6) is 0 Å². The van der Waals surface area contributed by atoms with Gasteiger partial charge in [0.05, 0.1) is 0 Å². The summed E-state index contributed by atoms with van der Waals surface area (Å²) < 4.78 is 25.2.